The maximum absolute atomic E-state index is 11.9. The van der Waals surface area contributed by atoms with E-state index in [1.165, 1.54) is 4.88 Å². The molecule has 20 heavy (non-hydrogen) atoms. The molecule has 0 fully saturated rings. The quantitative estimate of drug-likeness (QED) is 0.848. The summed E-state index contributed by atoms with van der Waals surface area (Å²) in [7, 11) is 0. The van der Waals surface area contributed by atoms with Crippen LogP contribution in [0.15, 0.2) is 30.3 Å². The normalized spacial score (nSPS) is 10.6. The average Bonchev–Trinajstić information content (AvgIpc) is 2.80. The number of hydrogen-bond donors (Lipinski definition) is 1. The Morgan fingerprint density at radius 3 is 2.80 bits per heavy atom. The summed E-state index contributed by atoms with van der Waals surface area (Å²) >= 11 is 9.03. The van der Waals surface area contributed by atoms with E-state index in [2.05, 4.69) is 5.32 Å². The average molecular weight is 326 g/mol. The van der Waals surface area contributed by atoms with Crippen molar-refractivity contribution >= 4 is 46.3 Å². The van der Waals surface area contributed by atoms with Gasteiger partial charge in [-0.3, -0.25) is 4.79 Å². The van der Waals surface area contributed by atoms with Crippen LogP contribution in [-0.2, 0) is 10.5 Å². The smallest absolute Gasteiger partial charge is 0.234 e. The Balaban J connectivity index is 1.82. The Kier molecular flexibility index (Phi) is 5.52. The zero-order valence-corrected chi connectivity index (χ0v) is 13.8. The summed E-state index contributed by atoms with van der Waals surface area (Å²) in [6, 6.07) is 9.95. The number of amides is 1. The van der Waals surface area contributed by atoms with Gasteiger partial charge in [-0.1, -0.05) is 23.7 Å². The number of halogens is 1. The van der Waals surface area contributed by atoms with Crippen LogP contribution in [0.3, 0.4) is 0 Å². The molecule has 0 aliphatic heterocycles. The van der Waals surface area contributed by atoms with Crippen LogP contribution in [0, 0.1) is 13.8 Å². The van der Waals surface area contributed by atoms with Crippen molar-refractivity contribution in [2.75, 3.05) is 11.1 Å². The lowest BCUT2D eigenvalue weighted by Crippen LogP contribution is -2.15. The van der Waals surface area contributed by atoms with Crippen molar-refractivity contribution in [3.63, 3.8) is 0 Å². The molecule has 2 rings (SSSR count). The number of carbonyl (C=O) groups excluding carboxylic acids is 1. The number of anilines is 1. The fraction of sp³-hybridized carbons (Fsp3) is 0.267. The molecule has 0 bridgehead atoms. The fourth-order valence-corrected chi connectivity index (χ4v) is 3.76. The third kappa shape index (κ3) is 4.54. The molecule has 0 aliphatic carbocycles. The van der Waals surface area contributed by atoms with E-state index >= 15 is 0 Å². The second kappa shape index (κ2) is 7.16. The molecular weight excluding hydrogens is 310 g/mol. The van der Waals surface area contributed by atoms with E-state index in [-0.39, 0.29) is 5.91 Å². The van der Waals surface area contributed by atoms with Gasteiger partial charge in [0.15, 0.2) is 0 Å². The van der Waals surface area contributed by atoms with Crippen LogP contribution in [0.25, 0.3) is 0 Å². The monoisotopic (exact) mass is 325 g/mol. The first-order valence-corrected chi connectivity index (χ1v) is 8.58. The van der Waals surface area contributed by atoms with Crippen molar-refractivity contribution < 1.29 is 4.79 Å². The van der Waals surface area contributed by atoms with Gasteiger partial charge in [0, 0.05) is 16.3 Å². The Labute approximate surface area is 132 Å². The number of benzene rings is 1. The number of carbonyl (C=O) groups is 1. The van der Waals surface area contributed by atoms with Gasteiger partial charge in [0.1, 0.15) is 0 Å². The van der Waals surface area contributed by atoms with Crippen LogP contribution in [0.1, 0.15) is 16.0 Å². The summed E-state index contributed by atoms with van der Waals surface area (Å²) in [4.78, 5) is 13.1. The molecule has 1 N–H and O–H groups in total. The molecule has 2 aromatic rings. The Morgan fingerprint density at radius 1 is 1.30 bits per heavy atom. The van der Waals surface area contributed by atoms with Crippen molar-refractivity contribution in [3.05, 3.63) is 50.7 Å². The van der Waals surface area contributed by atoms with Crippen LogP contribution >= 0.6 is 34.7 Å². The van der Waals surface area contributed by atoms with Gasteiger partial charge in [-0.05, 0) is 43.2 Å². The van der Waals surface area contributed by atoms with Crippen LogP contribution in [0.5, 0.6) is 0 Å². The molecule has 0 aliphatic rings. The van der Waals surface area contributed by atoms with Crippen LogP contribution in [-0.4, -0.2) is 11.7 Å². The highest BCUT2D eigenvalue weighted by Gasteiger charge is 2.06. The summed E-state index contributed by atoms with van der Waals surface area (Å²) in [6.45, 7) is 4.01. The SMILES string of the molecule is Cc1ccc(C)c(NC(=O)CSCc2ccc(Cl)s2)c1. The molecule has 2 nitrogen and oxygen atoms in total. The third-order valence-electron chi connectivity index (χ3n) is 2.77. The summed E-state index contributed by atoms with van der Waals surface area (Å²) in [5, 5.41) is 2.96. The number of hydrogen-bond acceptors (Lipinski definition) is 3. The highest BCUT2D eigenvalue weighted by atomic mass is 35.5. The van der Waals surface area contributed by atoms with Crippen molar-refractivity contribution in [1.29, 1.82) is 0 Å². The van der Waals surface area contributed by atoms with Crippen LogP contribution in [0.4, 0.5) is 5.69 Å². The second-order valence-corrected chi connectivity index (χ2v) is 7.35. The van der Waals surface area contributed by atoms with E-state index in [0.717, 1.165) is 26.9 Å². The van der Waals surface area contributed by atoms with Gasteiger partial charge in [-0.15, -0.1) is 23.1 Å². The van der Waals surface area contributed by atoms with Crippen molar-refractivity contribution in [1.82, 2.24) is 0 Å². The number of rotatable bonds is 5. The number of aryl methyl sites for hydroxylation is 2. The number of nitrogens with one attached hydrogen (secondary N) is 1. The van der Waals surface area contributed by atoms with Gasteiger partial charge in [0.25, 0.3) is 0 Å². The van der Waals surface area contributed by atoms with E-state index in [4.69, 9.17) is 11.6 Å². The van der Waals surface area contributed by atoms with E-state index < -0.39 is 0 Å². The van der Waals surface area contributed by atoms with Crippen molar-refractivity contribution in [3.8, 4) is 0 Å². The lowest BCUT2D eigenvalue weighted by Gasteiger charge is -2.09. The van der Waals surface area contributed by atoms with Gasteiger partial charge >= 0.3 is 0 Å². The van der Waals surface area contributed by atoms with E-state index in [0.29, 0.717) is 5.75 Å². The minimum atomic E-state index is 0.0337. The van der Waals surface area contributed by atoms with E-state index in [1.807, 2.05) is 44.2 Å². The molecule has 1 aromatic carbocycles. The molecular formula is C15H16ClNOS2. The summed E-state index contributed by atoms with van der Waals surface area (Å²) < 4.78 is 0.792. The largest absolute Gasteiger partial charge is 0.325 e. The zero-order valence-electron chi connectivity index (χ0n) is 11.4. The highest BCUT2D eigenvalue weighted by Crippen LogP contribution is 2.25. The van der Waals surface area contributed by atoms with E-state index in [9.17, 15) is 4.79 Å². The molecule has 1 heterocycles. The highest BCUT2D eigenvalue weighted by molar-refractivity contribution is 7.99. The maximum Gasteiger partial charge on any atom is 0.234 e. The minimum absolute atomic E-state index is 0.0337. The Bertz CT molecular complexity index is 610. The first-order valence-electron chi connectivity index (χ1n) is 6.23. The summed E-state index contributed by atoms with van der Waals surface area (Å²) in [5.41, 5.74) is 3.13. The third-order valence-corrected chi connectivity index (χ3v) is 5.17. The minimum Gasteiger partial charge on any atom is -0.325 e. The lowest BCUT2D eigenvalue weighted by molar-refractivity contribution is -0.113. The van der Waals surface area contributed by atoms with Gasteiger partial charge in [0.05, 0.1) is 10.1 Å². The first-order chi connectivity index (χ1) is 9.54. The molecule has 0 unspecified atom stereocenters. The van der Waals surface area contributed by atoms with Gasteiger partial charge in [-0.2, -0.15) is 0 Å². The summed E-state index contributed by atoms with van der Waals surface area (Å²) in [6.07, 6.45) is 0. The first kappa shape index (κ1) is 15.4. The molecule has 1 aromatic heterocycles. The molecule has 0 saturated carbocycles. The molecule has 0 spiro atoms. The van der Waals surface area contributed by atoms with Crippen LogP contribution < -0.4 is 5.32 Å². The van der Waals surface area contributed by atoms with Gasteiger partial charge < -0.3 is 5.32 Å². The van der Waals surface area contributed by atoms with Crippen molar-refractivity contribution in [2.24, 2.45) is 0 Å². The molecule has 5 heteroatoms. The van der Waals surface area contributed by atoms with Gasteiger partial charge in [0.2, 0.25) is 5.91 Å². The maximum atomic E-state index is 11.9. The number of thioether (sulfide) groups is 1. The molecule has 0 radical (unpaired) electrons. The summed E-state index contributed by atoms with van der Waals surface area (Å²) in [5.74, 6) is 1.30. The Hall–Kier alpha value is -0.970. The predicted octanol–water partition coefficient (Wildman–Crippen LogP) is 4.89. The standard InChI is InChI=1S/C15H16ClNOS2/c1-10-3-4-11(2)13(7-10)17-15(18)9-19-8-12-5-6-14(16)20-12/h3-7H,8-9H2,1-2H3,(H,17,18). The van der Waals surface area contributed by atoms with Crippen LogP contribution in [0.2, 0.25) is 4.34 Å². The van der Waals surface area contributed by atoms with E-state index in [1.54, 1.807) is 23.1 Å². The topological polar surface area (TPSA) is 29.1 Å². The molecule has 0 saturated heterocycles. The molecule has 106 valence electrons. The predicted molar refractivity (Wildman–Crippen MR) is 90.0 cm³/mol. The molecule has 0 atom stereocenters. The number of thiophene rings is 1. The fourth-order valence-electron chi connectivity index (χ4n) is 1.73. The Morgan fingerprint density at radius 2 is 2.10 bits per heavy atom. The molecule has 1 amide bonds. The van der Waals surface area contributed by atoms with Crippen molar-refractivity contribution in [2.45, 2.75) is 19.6 Å². The second-order valence-electron chi connectivity index (χ2n) is 4.57. The van der Waals surface area contributed by atoms with Gasteiger partial charge in [-0.25, -0.2) is 0 Å². The lowest BCUT2D eigenvalue weighted by atomic mass is 10.1. The zero-order chi connectivity index (χ0) is 14.5.